The van der Waals surface area contributed by atoms with Gasteiger partial charge in [0.1, 0.15) is 11.5 Å². The van der Waals surface area contributed by atoms with E-state index in [0.717, 1.165) is 0 Å². The number of hydrogen-bond donors (Lipinski definition) is 1. The first-order valence-electron chi connectivity index (χ1n) is 5.32. The van der Waals surface area contributed by atoms with Gasteiger partial charge in [-0.25, -0.2) is 13.2 Å². The highest BCUT2D eigenvalue weighted by Gasteiger charge is 2.15. The molecule has 1 N–H and O–H groups in total. The number of carbonyl (C=O) groups excluding carboxylic acids is 1. The monoisotopic (exact) mass is 270 g/mol. The fourth-order valence-electron chi connectivity index (χ4n) is 1.46. The van der Waals surface area contributed by atoms with Crippen LogP contribution in [-0.2, 0) is 6.54 Å². The summed E-state index contributed by atoms with van der Waals surface area (Å²) in [4.78, 5) is 11.6. The Hall–Kier alpha value is -2.31. The van der Waals surface area contributed by atoms with Crippen molar-refractivity contribution in [2.24, 2.45) is 0 Å². The van der Waals surface area contributed by atoms with Crippen molar-refractivity contribution in [3.8, 4) is 0 Å². The van der Waals surface area contributed by atoms with Crippen molar-refractivity contribution in [2.75, 3.05) is 0 Å². The van der Waals surface area contributed by atoms with Crippen LogP contribution in [0.25, 0.3) is 0 Å². The molecule has 0 spiro atoms. The van der Waals surface area contributed by atoms with Gasteiger partial charge in [0.15, 0.2) is 17.5 Å². The highest BCUT2D eigenvalue weighted by Crippen LogP contribution is 2.13. The number of carbonyl (C=O) groups is 1. The van der Waals surface area contributed by atoms with Crippen molar-refractivity contribution in [3.05, 3.63) is 52.7 Å². The van der Waals surface area contributed by atoms with Crippen molar-refractivity contribution in [1.29, 1.82) is 0 Å². The van der Waals surface area contributed by atoms with E-state index in [1.807, 2.05) is 0 Å². The summed E-state index contributed by atoms with van der Waals surface area (Å²) in [5.41, 5.74) is 0.158. The summed E-state index contributed by atoms with van der Waals surface area (Å²) >= 11 is 0. The third kappa shape index (κ3) is 2.93. The van der Waals surface area contributed by atoms with E-state index in [1.54, 1.807) is 13.0 Å². The Balaban J connectivity index is 2.08. The van der Waals surface area contributed by atoms with Crippen LogP contribution in [0.3, 0.4) is 0 Å². The predicted molar refractivity (Wildman–Crippen MR) is 58.7 cm³/mol. The minimum absolute atomic E-state index is 0.0385. The van der Waals surface area contributed by atoms with E-state index >= 15 is 0 Å². The van der Waals surface area contributed by atoms with Crippen LogP contribution in [-0.4, -0.2) is 11.1 Å². The average Bonchev–Trinajstić information content (AvgIpc) is 2.78. The van der Waals surface area contributed by atoms with E-state index in [1.165, 1.54) is 0 Å². The van der Waals surface area contributed by atoms with Gasteiger partial charge in [0.2, 0.25) is 0 Å². The first-order chi connectivity index (χ1) is 8.97. The molecule has 2 rings (SSSR count). The highest BCUT2D eigenvalue weighted by atomic mass is 19.2. The number of halogens is 3. The van der Waals surface area contributed by atoms with Crippen LogP contribution >= 0.6 is 0 Å². The maximum atomic E-state index is 12.9. The van der Waals surface area contributed by atoms with Crippen LogP contribution in [0.15, 0.2) is 22.7 Å². The van der Waals surface area contributed by atoms with Gasteiger partial charge in [-0.1, -0.05) is 5.16 Å². The molecule has 0 saturated heterocycles. The molecule has 0 aliphatic carbocycles. The SMILES string of the molecule is Cc1cc(CNC(=O)c2cc(F)c(F)c(F)c2)no1. The zero-order valence-corrected chi connectivity index (χ0v) is 9.84. The fourth-order valence-corrected chi connectivity index (χ4v) is 1.46. The molecule has 0 bridgehead atoms. The summed E-state index contributed by atoms with van der Waals surface area (Å²) in [7, 11) is 0. The maximum Gasteiger partial charge on any atom is 0.251 e. The average molecular weight is 270 g/mol. The van der Waals surface area contributed by atoms with E-state index in [9.17, 15) is 18.0 Å². The Kier molecular flexibility index (Phi) is 3.55. The second-order valence-corrected chi connectivity index (χ2v) is 3.87. The second kappa shape index (κ2) is 5.13. The highest BCUT2D eigenvalue weighted by molar-refractivity contribution is 5.94. The molecule has 1 aromatic heterocycles. The van der Waals surface area contributed by atoms with Gasteiger partial charge in [0.05, 0.1) is 6.54 Å². The molecular weight excluding hydrogens is 261 g/mol. The van der Waals surface area contributed by atoms with Gasteiger partial charge in [-0.15, -0.1) is 0 Å². The lowest BCUT2D eigenvalue weighted by atomic mass is 10.2. The van der Waals surface area contributed by atoms with Crippen molar-refractivity contribution >= 4 is 5.91 Å². The summed E-state index contributed by atoms with van der Waals surface area (Å²) in [5, 5.41) is 6.02. The fraction of sp³-hybridized carbons (Fsp3) is 0.167. The molecule has 1 heterocycles. The van der Waals surface area contributed by atoms with Crippen molar-refractivity contribution < 1.29 is 22.5 Å². The Morgan fingerprint density at radius 2 is 1.89 bits per heavy atom. The molecule has 0 saturated carbocycles. The van der Waals surface area contributed by atoms with Crippen molar-refractivity contribution in [2.45, 2.75) is 13.5 Å². The zero-order valence-electron chi connectivity index (χ0n) is 9.84. The van der Waals surface area contributed by atoms with Crippen LogP contribution in [0.4, 0.5) is 13.2 Å². The summed E-state index contributed by atoms with van der Waals surface area (Å²) in [6.07, 6.45) is 0. The quantitative estimate of drug-likeness (QED) is 0.871. The molecule has 0 unspecified atom stereocenters. The summed E-state index contributed by atoms with van der Waals surface area (Å²) in [6, 6.07) is 2.86. The number of nitrogens with zero attached hydrogens (tertiary/aromatic N) is 1. The molecule has 1 aromatic carbocycles. The lowest BCUT2D eigenvalue weighted by Crippen LogP contribution is -2.23. The summed E-state index contributed by atoms with van der Waals surface area (Å²) < 4.78 is 43.4. The number of hydrogen-bond acceptors (Lipinski definition) is 3. The van der Waals surface area contributed by atoms with Crippen LogP contribution in [0.2, 0.25) is 0 Å². The zero-order chi connectivity index (χ0) is 14.0. The van der Waals surface area contributed by atoms with Gasteiger partial charge in [-0.05, 0) is 19.1 Å². The van der Waals surface area contributed by atoms with Gasteiger partial charge >= 0.3 is 0 Å². The number of nitrogens with one attached hydrogen (secondary N) is 1. The van der Waals surface area contributed by atoms with Crippen molar-refractivity contribution in [1.82, 2.24) is 10.5 Å². The lowest BCUT2D eigenvalue weighted by molar-refractivity contribution is 0.0949. The molecule has 19 heavy (non-hydrogen) atoms. The molecule has 4 nitrogen and oxygen atoms in total. The summed E-state index contributed by atoms with van der Waals surface area (Å²) in [6.45, 7) is 1.72. The van der Waals surface area contributed by atoms with E-state index < -0.39 is 23.4 Å². The predicted octanol–water partition coefficient (Wildman–Crippen LogP) is 2.33. The molecule has 0 fully saturated rings. The minimum atomic E-state index is -1.61. The van der Waals surface area contributed by atoms with E-state index in [0.29, 0.717) is 23.6 Å². The minimum Gasteiger partial charge on any atom is -0.361 e. The largest absolute Gasteiger partial charge is 0.361 e. The summed E-state index contributed by atoms with van der Waals surface area (Å²) in [5.74, 6) is -4.60. The van der Waals surface area contributed by atoms with E-state index in [4.69, 9.17) is 4.52 Å². The first kappa shape index (κ1) is 13.1. The van der Waals surface area contributed by atoms with Crippen LogP contribution in [0.5, 0.6) is 0 Å². The third-order valence-electron chi connectivity index (χ3n) is 2.35. The van der Waals surface area contributed by atoms with Gasteiger partial charge < -0.3 is 9.84 Å². The van der Waals surface area contributed by atoms with Gasteiger partial charge in [0, 0.05) is 11.6 Å². The Labute approximate surface area is 106 Å². The number of aryl methyl sites for hydroxylation is 1. The molecule has 0 aliphatic heterocycles. The molecule has 7 heteroatoms. The van der Waals surface area contributed by atoms with E-state index in [-0.39, 0.29) is 12.1 Å². The second-order valence-electron chi connectivity index (χ2n) is 3.87. The maximum absolute atomic E-state index is 12.9. The van der Waals surface area contributed by atoms with Gasteiger partial charge in [-0.3, -0.25) is 4.79 Å². The number of rotatable bonds is 3. The molecule has 100 valence electrons. The molecule has 0 aliphatic rings. The van der Waals surface area contributed by atoms with Crippen LogP contribution in [0.1, 0.15) is 21.8 Å². The number of amides is 1. The molecule has 0 atom stereocenters. The van der Waals surface area contributed by atoms with Gasteiger partial charge in [0.25, 0.3) is 5.91 Å². The van der Waals surface area contributed by atoms with Crippen molar-refractivity contribution in [3.63, 3.8) is 0 Å². The standard InChI is InChI=1S/C12H9F3N2O2/c1-6-2-8(17-19-6)5-16-12(18)7-3-9(13)11(15)10(14)4-7/h2-4H,5H2,1H3,(H,16,18). The Bertz CT molecular complexity index is 602. The Morgan fingerprint density at radius 3 is 2.42 bits per heavy atom. The third-order valence-corrected chi connectivity index (χ3v) is 2.35. The topological polar surface area (TPSA) is 55.1 Å². The first-order valence-corrected chi connectivity index (χ1v) is 5.32. The van der Waals surface area contributed by atoms with Crippen LogP contribution < -0.4 is 5.32 Å². The molecule has 1 amide bonds. The van der Waals surface area contributed by atoms with Crippen LogP contribution in [0, 0.1) is 24.4 Å². The normalized spacial score (nSPS) is 10.5. The van der Waals surface area contributed by atoms with Gasteiger partial charge in [-0.2, -0.15) is 0 Å². The Morgan fingerprint density at radius 1 is 1.26 bits per heavy atom. The number of benzene rings is 1. The van der Waals surface area contributed by atoms with E-state index in [2.05, 4.69) is 10.5 Å². The smallest absolute Gasteiger partial charge is 0.251 e. The molecular formula is C12H9F3N2O2. The molecule has 2 aromatic rings. The molecule has 0 radical (unpaired) electrons. The number of aromatic nitrogens is 1. The lowest BCUT2D eigenvalue weighted by Gasteiger charge is -2.04.